The van der Waals surface area contributed by atoms with E-state index in [9.17, 15) is 4.39 Å². The van der Waals surface area contributed by atoms with Crippen LogP contribution in [0.15, 0.2) is 42.5 Å². The Hall–Kier alpha value is -1.83. The Balaban J connectivity index is 1.72. The maximum Gasteiger partial charge on any atom is 0.123 e. The Bertz CT molecular complexity index is 574. The number of benzene rings is 2. The van der Waals surface area contributed by atoms with Gasteiger partial charge >= 0.3 is 0 Å². The maximum absolute atomic E-state index is 12.9. The van der Waals surface area contributed by atoms with Gasteiger partial charge < -0.3 is 5.32 Å². The Labute approximate surface area is 113 Å². The van der Waals surface area contributed by atoms with Gasteiger partial charge in [0.15, 0.2) is 0 Å². The highest BCUT2D eigenvalue weighted by Crippen LogP contribution is 2.27. The van der Waals surface area contributed by atoms with E-state index in [4.69, 9.17) is 0 Å². The normalized spacial score (nSPS) is 17.7. The first-order chi connectivity index (χ1) is 9.20. The lowest BCUT2D eigenvalue weighted by Gasteiger charge is -2.26. The van der Waals surface area contributed by atoms with Crippen LogP contribution in [0.2, 0.25) is 0 Å². The van der Waals surface area contributed by atoms with Crippen molar-refractivity contribution in [3.63, 3.8) is 0 Å². The van der Waals surface area contributed by atoms with Crippen LogP contribution in [-0.2, 0) is 12.8 Å². The number of hydrogen-bond donors (Lipinski definition) is 1. The number of aryl methyl sites for hydroxylation is 1. The molecule has 2 aromatic carbocycles. The molecule has 1 unspecified atom stereocenters. The number of rotatable bonds is 2. The van der Waals surface area contributed by atoms with Crippen LogP contribution in [0, 0.1) is 18.7 Å². The van der Waals surface area contributed by atoms with Gasteiger partial charge in [0.1, 0.15) is 5.82 Å². The van der Waals surface area contributed by atoms with Crippen molar-refractivity contribution < 1.29 is 4.39 Å². The maximum atomic E-state index is 12.9. The summed E-state index contributed by atoms with van der Waals surface area (Å²) < 4.78 is 12.9. The van der Waals surface area contributed by atoms with E-state index < -0.39 is 0 Å². The molecule has 2 aromatic rings. The standard InChI is InChI=1S/C17H18FN/c1-12-2-5-15-10-14(11-19-17(15)8-12)9-13-3-6-16(18)7-4-13/h2-8,14,19H,9-11H2,1H3. The Morgan fingerprint density at radius 1 is 1.16 bits per heavy atom. The topological polar surface area (TPSA) is 12.0 Å². The zero-order chi connectivity index (χ0) is 13.2. The highest BCUT2D eigenvalue weighted by atomic mass is 19.1. The monoisotopic (exact) mass is 255 g/mol. The molecule has 0 saturated heterocycles. The molecule has 1 nitrogen and oxygen atoms in total. The minimum atomic E-state index is -0.161. The van der Waals surface area contributed by atoms with Gasteiger partial charge in [0.2, 0.25) is 0 Å². The quantitative estimate of drug-likeness (QED) is 0.856. The molecule has 0 spiro atoms. The third kappa shape index (κ3) is 2.78. The van der Waals surface area contributed by atoms with E-state index in [2.05, 4.69) is 30.4 Å². The third-order valence-corrected chi connectivity index (χ3v) is 3.79. The second kappa shape index (κ2) is 5.04. The predicted molar refractivity (Wildman–Crippen MR) is 77.0 cm³/mol. The van der Waals surface area contributed by atoms with Crippen molar-refractivity contribution >= 4 is 5.69 Å². The second-order valence-electron chi connectivity index (χ2n) is 5.44. The molecule has 0 bridgehead atoms. The number of hydrogen-bond acceptors (Lipinski definition) is 1. The molecule has 98 valence electrons. The molecule has 0 saturated carbocycles. The van der Waals surface area contributed by atoms with Gasteiger partial charge in [0, 0.05) is 12.2 Å². The highest BCUT2D eigenvalue weighted by molar-refractivity contribution is 5.55. The number of fused-ring (bicyclic) bond motifs is 1. The highest BCUT2D eigenvalue weighted by Gasteiger charge is 2.18. The number of anilines is 1. The van der Waals surface area contributed by atoms with E-state index in [1.165, 1.54) is 22.4 Å². The first-order valence-corrected chi connectivity index (χ1v) is 6.78. The second-order valence-corrected chi connectivity index (χ2v) is 5.44. The van der Waals surface area contributed by atoms with Gasteiger partial charge in [-0.25, -0.2) is 4.39 Å². The Kier molecular flexibility index (Phi) is 3.24. The molecular weight excluding hydrogens is 237 g/mol. The molecule has 2 heteroatoms. The summed E-state index contributed by atoms with van der Waals surface area (Å²) in [6.07, 6.45) is 2.10. The summed E-state index contributed by atoms with van der Waals surface area (Å²) in [7, 11) is 0. The van der Waals surface area contributed by atoms with Gasteiger partial charge in [-0.15, -0.1) is 0 Å². The van der Waals surface area contributed by atoms with Crippen LogP contribution < -0.4 is 5.32 Å². The lowest BCUT2D eigenvalue weighted by molar-refractivity contribution is 0.534. The van der Waals surface area contributed by atoms with E-state index >= 15 is 0 Å². The van der Waals surface area contributed by atoms with Crippen LogP contribution in [0.5, 0.6) is 0 Å². The summed E-state index contributed by atoms with van der Waals surface area (Å²) in [5.41, 5.74) is 5.17. The molecule has 1 heterocycles. The van der Waals surface area contributed by atoms with E-state index in [-0.39, 0.29) is 5.82 Å². The molecule has 0 amide bonds. The molecule has 1 atom stereocenters. The zero-order valence-corrected chi connectivity index (χ0v) is 11.1. The van der Waals surface area contributed by atoms with E-state index in [0.29, 0.717) is 5.92 Å². The van der Waals surface area contributed by atoms with Crippen LogP contribution in [0.3, 0.4) is 0 Å². The summed E-state index contributed by atoms with van der Waals surface area (Å²) in [6, 6.07) is 13.5. The predicted octanol–water partition coefficient (Wildman–Crippen LogP) is 3.96. The fraction of sp³-hybridized carbons (Fsp3) is 0.294. The van der Waals surface area contributed by atoms with Crippen LogP contribution in [0.1, 0.15) is 16.7 Å². The van der Waals surface area contributed by atoms with Crippen molar-refractivity contribution in [3.05, 3.63) is 65.0 Å². The van der Waals surface area contributed by atoms with Gasteiger partial charge in [-0.05, 0) is 60.6 Å². The van der Waals surface area contributed by atoms with E-state index in [0.717, 1.165) is 19.4 Å². The van der Waals surface area contributed by atoms with Crippen LogP contribution in [0.25, 0.3) is 0 Å². The Morgan fingerprint density at radius 3 is 2.74 bits per heavy atom. The van der Waals surface area contributed by atoms with Crippen molar-refractivity contribution in [2.75, 3.05) is 11.9 Å². The third-order valence-electron chi connectivity index (χ3n) is 3.79. The first-order valence-electron chi connectivity index (χ1n) is 6.78. The van der Waals surface area contributed by atoms with Crippen molar-refractivity contribution in [2.45, 2.75) is 19.8 Å². The average molecular weight is 255 g/mol. The molecule has 0 aromatic heterocycles. The summed E-state index contributed by atoms with van der Waals surface area (Å²) in [5, 5.41) is 3.51. The lowest BCUT2D eigenvalue weighted by atomic mass is 9.88. The van der Waals surface area contributed by atoms with Gasteiger partial charge in [-0.2, -0.15) is 0 Å². The minimum Gasteiger partial charge on any atom is -0.385 e. The molecule has 3 rings (SSSR count). The fourth-order valence-electron chi connectivity index (χ4n) is 2.77. The van der Waals surface area contributed by atoms with Crippen LogP contribution >= 0.6 is 0 Å². The van der Waals surface area contributed by atoms with Gasteiger partial charge in [0.05, 0.1) is 0 Å². The van der Waals surface area contributed by atoms with E-state index in [1.807, 2.05) is 12.1 Å². The molecule has 1 aliphatic heterocycles. The molecule has 1 N–H and O–H groups in total. The van der Waals surface area contributed by atoms with Crippen molar-refractivity contribution in [2.24, 2.45) is 5.92 Å². The van der Waals surface area contributed by atoms with Crippen molar-refractivity contribution in [1.82, 2.24) is 0 Å². The summed E-state index contributed by atoms with van der Waals surface area (Å²) in [4.78, 5) is 0. The lowest BCUT2D eigenvalue weighted by Crippen LogP contribution is -2.24. The summed E-state index contributed by atoms with van der Waals surface area (Å²) >= 11 is 0. The molecule has 19 heavy (non-hydrogen) atoms. The van der Waals surface area contributed by atoms with E-state index in [1.54, 1.807) is 12.1 Å². The number of halogens is 1. The molecule has 0 aliphatic carbocycles. The minimum absolute atomic E-state index is 0.161. The summed E-state index contributed by atoms with van der Waals surface area (Å²) in [5.74, 6) is 0.423. The molecule has 0 fully saturated rings. The van der Waals surface area contributed by atoms with Crippen molar-refractivity contribution in [3.8, 4) is 0 Å². The molecule has 1 aliphatic rings. The van der Waals surface area contributed by atoms with Gasteiger partial charge in [-0.3, -0.25) is 0 Å². The fourth-order valence-corrected chi connectivity index (χ4v) is 2.77. The van der Waals surface area contributed by atoms with Crippen LogP contribution in [0.4, 0.5) is 10.1 Å². The molecule has 0 radical (unpaired) electrons. The number of nitrogens with one attached hydrogen (secondary N) is 1. The average Bonchev–Trinajstić information content (AvgIpc) is 2.42. The van der Waals surface area contributed by atoms with Crippen LogP contribution in [-0.4, -0.2) is 6.54 Å². The van der Waals surface area contributed by atoms with Crippen molar-refractivity contribution in [1.29, 1.82) is 0 Å². The largest absolute Gasteiger partial charge is 0.385 e. The van der Waals surface area contributed by atoms with Gasteiger partial charge in [0.25, 0.3) is 0 Å². The smallest absolute Gasteiger partial charge is 0.123 e. The first kappa shape index (κ1) is 12.2. The van der Waals surface area contributed by atoms with Gasteiger partial charge in [-0.1, -0.05) is 24.3 Å². The SMILES string of the molecule is Cc1ccc2c(c1)NCC(Cc1ccc(F)cc1)C2. The summed E-state index contributed by atoms with van der Waals surface area (Å²) in [6.45, 7) is 3.11. The molecular formula is C17H18FN. The Morgan fingerprint density at radius 2 is 1.95 bits per heavy atom. The zero-order valence-electron chi connectivity index (χ0n) is 11.1.